The van der Waals surface area contributed by atoms with Gasteiger partial charge in [-0.25, -0.2) is 8.42 Å². The van der Waals surface area contributed by atoms with Gasteiger partial charge in [-0.3, -0.25) is 19.4 Å². The Bertz CT molecular complexity index is 1080. The van der Waals surface area contributed by atoms with Crippen LogP contribution in [-0.2, 0) is 21.4 Å². The molecule has 2 fully saturated rings. The fourth-order valence-corrected chi connectivity index (χ4v) is 6.93. The lowest BCUT2D eigenvalue weighted by Gasteiger charge is -2.36. The molecule has 2 aliphatic rings. The first-order valence-corrected chi connectivity index (χ1v) is 11.7. The zero-order chi connectivity index (χ0) is 21.6. The average molecular weight is 431 g/mol. The molecule has 0 saturated heterocycles. The predicted octanol–water partition coefficient (Wildman–Crippen LogP) is 2.48. The van der Waals surface area contributed by atoms with Gasteiger partial charge in [-0.1, -0.05) is 44.2 Å². The summed E-state index contributed by atoms with van der Waals surface area (Å²) in [6.07, 6.45) is 3.17. The maximum absolute atomic E-state index is 13.0. The van der Waals surface area contributed by atoms with Gasteiger partial charge < -0.3 is 5.32 Å². The van der Waals surface area contributed by atoms with Crippen LogP contribution in [0.4, 0.5) is 5.69 Å². The van der Waals surface area contributed by atoms with Gasteiger partial charge in [0.2, 0.25) is 10.0 Å². The van der Waals surface area contributed by atoms with Crippen LogP contribution in [0, 0.1) is 16.7 Å². The number of aromatic amines is 1. The quantitative estimate of drug-likeness (QED) is 0.623. The number of benzene rings is 1. The lowest BCUT2D eigenvalue weighted by atomic mass is 9.70. The normalized spacial score (nSPS) is 24.7. The number of fused-ring (bicyclic) bond motifs is 2. The molecule has 160 valence electrons. The van der Waals surface area contributed by atoms with E-state index in [1.807, 2.05) is 44.2 Å². The van der Waals surface area contributed by atoms with E-state index in [1.165, 1.54) is 6.20 Å². The van der Waals surface area contributed by atoms with Crippen LogP contribution in [0.3, 0.4) is 0 Å². The van der Waals surface area contributed by atoms with Crippen molar-refractivity contribution in [3.63, 3.8) is 0 Å². The molecule has 1 heterocycles. The number of rotatable bonds is 7. The Morgan fingerprint density at radius 2 is 2.00 bits per heavy atom. The molecular formula is C21H26N4O4S. The molecule has 30 heavy (non-hydrogen) atoms. The topological polar surface area (TPSA) is 121 Å². The highest BCUT2D eigenvalue weighted by Gasteiger charge is 2.65. The van der Waals surface area contributed by atoms with Gasteiger partial charge in [-0.05, 0) is 29.7 Å². The summed E-state index contributed by atoms with van der Waals surface area (Å²) in [5.41, 5.74) is -0.193. The Balaban J connectivity index is 1.48. The summed E-state index contributed by atoms with van der Waals surface area (Å²) in [5.74, 6) is -0.487. The van der Waals surface area contributed by atoms with Crippen molar-refractivity contribution < 1.29 is 18.0 Å². The number of nitrogens with one attached hydrogen (secondary N) is 3. The Kier molecular flexibility index (Phi) is 4.96. The molecule has 2 bridgehead atoms. The third kappa shape index (κ3) is 3.40. The predicted molar refractivity (Wildman–Crippen MR) is 112 cm³/mol. The van der Waals surface area contributed by atoms with E-state index in [-0.39, 0.29) is 34.3 Å². The van der Waals surface area contributed by atoms with Crippen molar-refractivity contribution in [3.05, 3.63) is 47.8 Å². The summed E-state index contributed by atoms with van der Waals surface area (Å²) in [5, 5.41) is 9.13. The minimum atomic E-state index is -3.87. The molecule has 2 aliphatic carbocycles. The van der Waals surface area contributed by atoms with E-state index >= 15 is 0 Å². The molecule has 8 nitrogen and oxygen atoms in total. The van der Waals surface area contributed by atoms with Crippen LogP contribution >= 0.6 is 0 Å². The van der Waals surface area contributed by atoms with Gasteiger partial charge in [0.25, 0.3) is 5.91 Å². The van der Waals surface area contributed by atoms with Crippen molar-refractivity contribution in [2.75, 3.05) is 10.5 Å². The third-order valence-electron chi connectivity index (χ3n) is 7.00. The number of aromatic nitrogens is 2. The lowest BCUT2D eigenvalue weighted by molar-refractivity contribution is -0.128. The highest BCUT2D eigenvalue weighted by Crippen LogP contribution is 2.64. The number of Topliss-reactive ketones (excluding diaryl/α,β-unsaturated/α-hetero) is 1. The number of H-pyrrole nitrogens is 1. The second kappa shape index (κ2) is 7.23. The molecule has 1 unspecified atom stereocenters. The molecule has 0 aliphatic heterocycles. The van der Waals surface area contributed by atoms with Crippen molar-refractivity contribution in [3.8, 4) is 0 Å². The summed E-state index contributed by atoms with van der Waals surface area (Å²) >= 11 is 0. The number of hydrogen-bond donors (Lipinski definition) is 3. The number of carbonyl (C=O) groups excluding carboxylic acids is 2. The first-order valence-electron chi connectivity index (χ1n) is 10.0. The van der Waals surface area contributed by atoms with E-state index in [1.54, 1.807) is 0 Å². The van der Waals surface area contributed by atoms with Crippen LogP contribution in [0.15, 0.2) is 36.5 Å². The minimum Gasteiger partial charge on any atom is -0.347 e. The van der Waals surface area contributed by atoms with E-state index in [2.05, 4.69) is 20.2 Å². The van der Waals surface area contributed by atoms with Crippen LogP contribution in [0.25, 0.3) is 0 Å². The van der Waals surface area contributed by atoms with Crippen LogP contribution in [0.1, 0.15) is 49.2 Å². The molecule has 2 saturated carbocycles. The van der Waals surface area contributed by atoms with Gasteiger partial charge in [0, 0.05) is 13.0 Å². The number of hydrogen-bond acceptors (Lipinski definition) is 5. The average Bonchev–Trinajstić information content (AvgIpc) is 3.29. The van der Waals surface area contributed by atoms with Crippen molar-refractivity contribution in [1.82, 2.24) is 15.5 Å². The van der Waals surface area contributed by atoms with Crippen LogP contribution in [0.5, 0.6) is 0 Å². The Hall–Kier alpha value is -2.68. The molecule has 4 rings (SSSR count). The highest BCUT2D eigenvalue weighted by molar-refractivity contribution is 7.92. The van der Waals surface area contributed by atoms with Crippen molar-refractivity contribution in [1.29, 1.82) is 0 Å². The molecule has 3 N–H and O–H groups in total. The van der Waals surface area contributed by atoms with Gasteiger partial charge in [-0.15, -0.1) is 0 Å². The van der Waals surface area contributed by atoms with Crippen LogP contribution in [0.2, 0.25) is 0 Å². The van der Waals surface area contributed by atoms with Gasteiger partial charge in [0.1, 0.15) is 11.5 Å². The minimum absolute atomic E-state index is 0.0298. The third-order valence-corrected chi connectivity index (χ3v) is 8.41. The fourth-order valence-electron chi connectivity index (χ4n) is 5.04. The zero-order valence-corrected chi connectivity index (χ0v) is 17.9. The first-order chi connectivity index (χ1) is 14.1. The SMILES string of the molecule is CC1(C)C2CC[C@]1(CS(=O)(=O)Nc1cn[nH]c1C(=O)NCc1ccccc1)C(=O)C2. The summed E-state index contributed by atoms with van der Waals surface area (Å²) in [4.78, 5) is 25.2. The summed E-state index contributed by atoms with van der Waals surface area (Å²) in [6.45, 7) is 4.29. The number of amides is 1. The summed E-state index contributed by atoms with van der Waals surface area (Å²) in [7, 11) is -3.87. The Morgan fingerprint density at radius 1 is 1.27 bits per heavy atom. The molecule has 1 aromatic carbocycles. The van der Waals surface area contributed by atoms with Crippen LogP contribution < -0.4 is 10.0 Å². The monoisotopic (exact) mass is 430 g/mol. The van der Waals surface area contributed by atoms with Crippen LogP contribution in [-0.4, -0.2) is 36.1 Å². The number of nitrogens with zero attached hydrogens (tertiary/aromatic N) is 1. The van der Waals surface area contributed by atoms with Crippen molar-refractivity contribution >= 4 is 27.4 Å². The lowest BCUT2D eigenvalue weighted by Crippen LogP contribution is -2.43. The maximum atomic E-state index is 13.0. The first kappa shape index (κ1) is 20.6. The van der Waals surface area contributed by atoms with E-state index in [0.29, 0.717) is 19.4 Å². The molecule has 1 aromatic heterocycles. The van der Waals surface area contributed by atoms with Gasteiger partial charge >= 0.3 is 0 Å². The summed E-state index contributed by atoms with van der Waals surface area (Å²) < 4.78 is 28.4. The number of carbonyl (C=O) groups is 2. The van der Waals surface area contributed by atoms with Gasteiger partial charge in [-0.2, -0.15) is 5.10 Å². The molecule has 9 heteroatoms. The van der Waals surface area contributed by atoms with Crippen molar-refractivity contribution in [2.45, 2.75) is 39.7 Å². The second-order valence-corrected chi connectivity index (χ2v) is 10.6. The highest BCUT2D eigenvalue weighted by atomic mass is 32.2. The fraction of sp³-hybridized carbons (Fsp3) is 0.476. The molecule has 1 amide bonds. The Labute approximate surface area is 175 Å². The maximum Gasteiger partial charge on any atom is 0.271 e. The smallest absolute Gasteiger partial charge is 0.271 e. The molecule has 2 aromatic rings. The standard InChI is InChI=1S/C21H26N4O4S/c1-20(2)15-8-9-21(20,17(26)10-15)13-30(28,29)25-16-12-23-24-18(16)19(27)22-11-14-6-4-3-5-7-14/h3-7,12,15,25H,8-11,13H2,1-2H3,(H,22,27)(H,23,24)/t15?,21-/m0/s1. The van der Waals surface area contributed by atoms with E-state index in [4.69, 9.17) is 0 Å². The number of sulfonamides is 1. The largest absolute Gasteiger partial charge is 0.347 e. The van der Waals surface area contributed by atoms with Gasteiger partial charge in [0.15, 0.2) is 0 Å². The van der Waals surface area contributed by atoms with E-state index < -0.39 is 21.3 Å². The van der Waals surface area contributed by atoms with E-state index in [9.17, 15) is 18.0 Å². The van der Waals surface area contributed by atoms with E-state index in [0.717, 1.165) is 12.0 Å². The molecular weight excluding hydrogens is 404 g/mol. The zero-order valence-electron chi connectivity index (χ0n) is 17.1. The second-order valence-electron chi connectivity index (χ2n) is 8.85. The molecule has 0 spiro atoms. The Morgan fingerprint density at radius 3 is 2.63 bits per heavy atom. The number of anilines is 1. The van der Waals surface area contributed by atoms with Gasteiger partial charge in [0.05, 0.1) is 23.1 Å². The molecule has 2 atom stereocenters. The number of ketones is 1. The molecule has 0 radical (unpaired) electrons. The summed E-state index contributed by atoms with van der Waals surface area (Å²) in [6, 6.07) is 9.39. The van der Waals surface area contributed by atoms with Crippen molar-refractivity contribution in [2.24, 2.45) is 16.7 Å².